The second-order valence-electron chi connectivity index (χ2n) is 7.99. The van der Waals surface area contributed by atoms with Crippen LogP contribution in [0, 0.1) is 11.8 Å². The Kier molecular flexibility index (Phi) is 3.88. The fraction of sp³-hybridized carbons (Fsp3) is 0.778. The van der Waals surface area contributed by atoms with Crippen LogP contribution in [0.5, 0.6) is 0 Å². The Balaban J connectivity index is 1.46. The fourth-order valence-corrected chi connectivity index (χ4v) is 4.01. The van der Waals surface area contributed by atoms with Crippen LogP contribution in [0.1, 0.15) is 68.5 Å². The predicted molar refractivity (Wildman–Crippen MR) is 87.1 cm³/mol. The molecule has 4 nitrogen and oxygen atoms in total. The molecule has 1 amide bonds. The van der Waals surface area contributed by atoms with Gasteiger partial charge in [0, 0.05) is 37.6 Å². The lowest BCUT2D eigenvalue weighted by Crippen LogP contribution is -2.37. The number of amides is 1. The summed E-state index contributed by atoms with van der Waals surface area (Å²) < 4.78 is 27.8. The van der Waals surface area contributed by atoms with Crippen molar-refractivity contribution in [1.82, 2.24) is 9.78 Å². The van der Waals surface area contributed by atoms with Crippen LogP contribution in [0.3, 0.4) is 0 Å². The molecule has 0 aromatic carbocycles. The monoisotopic (exact) mass is 337 g/mol. The highest BCUT2D eigenvalue weighted by atomic mass is 19.3. The van der Waals surface area contributed by atoms with E-state index >= 15 is 0 Å². The highest BCUT2D eigenvalue weighted by Crippen LogP contribution is 2.45. The SMILES string of the molecule is Cn1nc(NC(=O)CC2CC(F)(F)C2)c(C2CCC2)c1CC1CC1. The molecule has 0 aliphatic heterocycles. The Morgan fingerprint density at radius 2 is 1.96 bits per heavy atom. The maximum absolute atomic E-state index is 12.9. The van der Waals surface area contributed by atoms with Crippen molar-refractivity contribution in [1.29, 1.82) is 0 Å². The van der Waals surface area contributed by atoms with Crippen molar-refractivity contribution >= 4 is 11.7 Å². The number of hydrogen-bond donors (Lipinski definition) is 1. The molecule has 1 heterocycles. The van der Waals surface area contributed by atoms with Crippen molar-refractivity contribution in [2.45, 2.75) is 69.6 Å². The summed E-state index contributed by atoms with van der Waals surface area (Å²) in [5, 5.41) is 7.48. The van der Waals surface area contributed by atoms with Crippen LogP contribution in [-0.2, 0) is 18.3 Å². The molecule has 132 valence electrons. The van der Waals surface area contributed by atoms with Crippen molar-refractivity contribution in [2.75, 3.05) is 5.32 Å². The number of carbonyl (C=O) groups excluding carboxylic acids is 1. The van der Waals surface area contributed by atoms with E-state index in [4.69, 9.17) is 0 Å². The molecule has 6 heteroatoms. The maximum Gasteiger partial charge on any atom is 0.248 e. The van der Waals surface area contributed by atoms with Gasteiger partial charge in [0.05, 0.1) is 0 Å². The van der Waals surface area contributed by atoms with E-state index in [1.807, 2.05) is 11.7 Å². The Bertz CT molecular complexity index is 639. The van der Waals surface area contributed by atoms with E-state index in [9.17, 15) is 13.6 Å². The molecule has 0 unspecified atom stereocenters. The Morgan fingerprint density at radius 3 is 2.50 bits per heavy atom. The van der Waals surface area contributed by atoms with Crippen molar-refractivity contribution in [3.8, 4) is 0 Å². The summed E-state index contributed by atoms with van der Waals surface area (Å²) in [5.41, 5.74) is 2.47. The highest BCUT2D eigenvalue weighted by Gasteiger charge is 2.45. The number of halogens is 2. The fourth-order valence-electron chi connectivity index (χ4n) is 4.01. The number of anilines is 1. The third-order valence-electron chi connectivity index (χ3n) is 5.81. The minimum Gasteiger partial charge on any atom is -0.309 e. The summed E-state index contributed by atoms with van der Waals surface area (Å²) in [5.74, 6) is -0.997. The molecule has 3 fully saturated rings. The molecule has 3 aliphatic rings. The van der Waals surface area contributed by atoms with E-state index in [0.29, 0.717) is 11.7 Å². The van der Waals surface area contributed by atoms with Gasteiger partial charge in [0.2, 0.25) is 11.8 Å². The summed E-state index contributed by atoms with van der Waals surface area (Å²) in [7, 11) is 1.95. The lowest BCUT2D eigenvalue weighted by atomic mass is 9.78. The second kappa shape index (κ2) is 5.81. The van der Waals surface area contributed by atoms with Gasteiger partial charge in [-0.25, -0.2) is 8.78 Å². The highest BCUT2D eigenvalue weighted by molar-refractivity contribution is 5.91. The van der Waals surface area contributed by atoms with Gasteiger partial charge in [-0.1, -0.05) is 6.42 Å². The van der Waals surface area contributed by atoms with Crippen LogP contribution in [0.25, 0.3) is 0 Å². The number of rotatable bonds is 6. The number of aryl methyl sites for hydroxylation is 1. The third-order valence-corrected chi connectivity index (χ3v) is 5.81. The summed E-state index contributed by atoms with van der Waals surface area (Å²) in [6, 6.07) is 0. The zero-order chi connectivity index (χ0) is 16.9. The molecule has 24 heavy (non-hydrogen) atoms. The van der Waals surface area contributed by atoms with Gasteiger partial charge in [-0.3, -0.25) is 9.48 Å². The van der Waals surface area contributed by atoms with Crippen LogP contribution in [0.4, 0.5) is 14.6 Å². The van der Waals surface area contributed by atoms with E-state index < -0.39 is 5.92 Å². The number of carbonyl (C=O) groups is 1. The topological polar surface area (TPSA) is 46.9 Å². The van der Waals surface area contributed by atoms with Crippen molar-refractivity contribution in [3.05, 3.63) is 11.3 Å². The van der Waals surface area contributed by atoms with E-state index in [2.05, 4.69) is 10.4 Å². The number of nitrogens with zero attached hydrogens (tertiary/aromatic N) is 2. The molecule has 0 radical (unpaired) electrons. The number of aromatic nitrogens is 2. The van der Waals surface area contributed by atoms with E-state index in [1.165, 1.54) is 30.5 Å². The summed E-state index contributed by atoms with van der Waals surface area (Å²) >= 11 is 0. The van der Waals surface area contributed by atoms with Crippen LogP contribution >= 0.6 is 0 Å². The normalized spacial score (nSPS) is 23.6. The maximum atomic E-state index is 12.9. The minimum absolute atomic E-state index is 0.162. The first-order valence-electron chi connectivity index (χ1n) is 9.15. The van der Waals surface area contributed by atoms with E-state index in [0.717, 1.165) is 25.2 Å². The molecule has 3 aliphatic carbocycles. The smallest absolute Gasteiger partial charge is 0.248 e. The molecule has 1 aromatic heterocycles. The largest absolute Gasteiger partial charge is 0.309 e. The number of nitrogens with one attached hydrogen (secondary N) is 1. The van der Waals surface area contributed by atoms with Gasteiger partial charge in [-0.2, -0.15) is 5.10 Å². The minimum atomic E-state index is -2.57. The van der Waals surface area contributed by atoms with Crippen LogP contribution < -0.4 is 5.32 Å². The molecule has 1 aromatic rings. The molecular formula is C18H25F2N3O. The van der Waals surface area contributed by atoms with E-state index in [1.54, 1.807) is 0 Å². The molecular weight excluding hydrogens is 312 g/mol. The molecule has 0 saturated heterocycles. The zero-order valence-corrected chi connectivity index (χ0v) is 14.2. The predicted octanol–water partition coefficient (Wildman–Crippen LogP) is 4.01. The van der Waals surface area contributed by atoms with E-state index in [-0.39, 0.29) is 31.1 Å². The summed E-state index contributed by atoms with van der Waals surface area (Å²) in [6.45, 7) is 0. The van der Waals surface area contributed by atoms with Crippen LogP contribution in [0.2, 0.25) is 0 Å². The van der Waals surface area contributed by atoms with Gasteiger partial charge in [-0.15, -0.1) is 0 Å². The molecule has 3 saturated carbocycles. The first-order valence-corrected chi connectivity index (χ1v) is 9.15. The Labute approximate surface area is 141 Å². The van der Waals surface area contributed by atoms with Crippen LogP contribution in [-0.4, -0.2) is 21.6 Å². The van der Waals surface area contributed by atoms with Gasteiger partial charge in [-0.05, 0) is 49.9 Å². The standard InChI is InChI=1S/C18H25F2N3O/c1-23-14(7-11-5-6-11)16(13-3-2-4-13)17(22-23)21-15(24)8-12-9-18(19,20)10-12/h11-13H,2-10H2,1H3,(H,21,22,24). The number of alkyl halides is 2. The van der Waals surface area contributed by atoms with Gasteiger partial charge in [0.25, 0.3) is 0 Å². The first-order chi connectivity index (χ1) is 11.4. The molecule has 0 bridgehead atoms. The Hall–Kier alpha value is -1.46. The average Bonchev–Trinajstić information content (AvgIpc) is 3.16. The lowest BCUT2D eigenvalue weighted by molar-refractivity contribution is -0.129. The Morgan fingerprint density at radius 1 is 1.25 bits per heavy atom. The average molecular weight is 337 g/mol. The lowest BCUT2D eigenvalue weighted by Gasteiger charge is -2.34. The van der Waals surface area contributed by atoms with Crippen molar-refractivity contribution < 1.29 is 13.6 Å². The quantitative estimate of drug-likeness (QED) is 0.852. The van der Waals surface area contributed by atoms with Crippen molar-refractivity contribution in [2.24, 2.45) is 18.9 Å². The van der Waals surface area contributed by atoms with Gasteiger partial charge < -0.3 is 5.32 Å². The molecule has 0 atom stereocenters. The van der Waals surface area contributed by atoms with Gasteiger partial charge in [0.1, 0.15) is 0 Å². The van der Waals surface area contributed by atoms with Gasteiger partial charge in [0.15, 0.2) is 5.82 Å². The first kappa shape index (κ1) is 16.0. The number of hydrogen-bond acceptors (Lipinski definition) is 2. The molecule has 4 rings (SSSR count). The van der Waals surface area contributed by atoms with Crippen molar-refractivity contribution in [3.63, 3.8) is 0 Å². The zero-order valence-electron chi connectivity index (χ0n) is 14.2. The van der Waals surface area contributed by atoms with Crippen LogP contribution in [0.15, 0.2) is 0 Å². The van der Waals surface area contributed by atoms with Gasteiger partial charge >= 0.3 is 0 Å². The molecule has 0 spiro atoms. The third kappa shape index (κ3) is 3.20. The summed E-state index contributed by atoms with van der Waals surface area (Å²) in [6.07, 6.45) is 7.00. The second-order valence-corrected chi connectivity index (χ2v) is 7.99. The molecule has 1 N–H and O–H groups in total. The summed E-state index contributed by atoms with van der Waals surface area (Å²) in [4.78, 5) is 12.3.